The molecule has 0 unspecified atom stereocenters. The van der Waals surface area contributed by atoms with Gasteiger partial charge in [0.25, 0.3) is 0 Å². The number of oxime groups is 1. The van der Waals surface area contributed by atoms with Crippen molar-refractivity contribution in [1.29, 1.82) is 0 Å². The second kappa shape index (κ2) is 5.08. The molecule has 0 atom stereocenters. The molecular formula is C13H19N3O2. The summed E-state index contributed by atoms with van der Waals surface area (Å²) < 4.78 is 0. The van der Waals surface area contributed by atoms with Crippen LogP contribution in [0.4, 0.5) is 5.69 Å². The first-order valence-electron chi connectivity index (χ1n) is 5.66. The molecule has 0 aromatic heterocycles. The summed E-state index contributed by atoms with van der Waals surface area (Å²) in [6.45, 7) is 7.30. The molecule has 0 fully saturated rings. The highest BCUT2D eigenvalue weighted by Gasteiger charge is 2.22. The summed E-state index contributed by atoms with van der Waals surface area (Å²) >= 11 is 0. The van der Waals surface area contributed by atoms with Gasteiger partial charge < -0.3 is 16.3 Å². The third-order valence-corrected chi connectivity index (χ3v) is 2.57. The fraction of sp³-hybridized carbons (Fsp3) is 0.385. The molecule has 1 aromatic rings. The van der Waals surface area contributed by atoms with E-state index in [1.54, 1.807) is 6.07 Å². The van der Waals surface area contributed by atoms with Crippen LogP contribution in [-0.4, -0.2) is 17.0 Å². The maximum Gasteiger partial charge on any atom is 0.229 e. The predicted octanol–water partition coefficient (Wildman–Crippen LogP) is 2.07. The highest BCUT2D eigenvalue weighted by molar-refractivity contribution is 6.07. The Labute approximate surface area is 107 Å². The number of amidine groups is 1. The van der Waals surface area contributed by atoms with Crippen molar-refractivity contribution < 1.29 is 10.0 Å². The third kappa shape index (κ3) is 3.00. The van der Waals surface area contributed by atoms with Crippen molar-refractivity contribution in [2.75, 3.05) is 5.32 Å². The van der Waals surface area contributed by atoms with Gasteiger partial charge in [0.2, 0.25) is 5.91 Å². The van der Waals surface area contributed by atoms with Crippen LogP contribution in [0.25, 0.3) is 0 Å². The first-order valence-corrected chi connectivity index (χ1v) is 5.66. The average molecular weight is 249 g/mol. The van der Waals surface area contributed by atoms with Crippen LogP contribution in [0.1, 0.15) is 31.9 Å². The summed E-state index contributed by atoms with van der Waals surface area (Å²) in [5.74, 6) is -0.141. The van der Waals surface area contributed by atoms with Gasteiger partial charge in [-0.05, 0) is 18.6 Å². The highest BCUT2D eigenvalue weighted by Crippen LogP contribution is 2.22. The molecule has 1 amide bonds. The van der Waals surface area contributed by atoms with E-state index < -0.39 is 5.41 Å². The SMILES string of the molecule is Cc1cccc(NC(=O)C(C)(C)C)c1/C(N)=N/O. The summed E-state index contributed by atoms with van der Waals surface area (Å²) in [6, 6.07) is 5.37. The van der Waals surface area contributed by atoms with Crippen LogP contribution < -0.4 is 11.1 Å². The number of nitrogens with one attached hydrogen (secondary N) is 1. The van der Waals surface area contributed by atoms with Crippen LogP contribution in [0.3, 0.4) is 0 Å². The standard InChI is InChI=1S/C13H19N3O2/c1-8-6-5-7-9(10(8)11(14)16-18)15-12(17)13(2,3)4/h5-7,18H,1-4H3,(H2,14,16)(H,15,17). The van der Waals surface area contributed by atoms with Gasteiger partial charge in [-0.15, -0.1) is 0 Å². The Bertz CT molecular complexity index is 487. The zero-order valence-corrected chi connectivity index (χ0v) is 11.1. The number of hydrogen-bond donors (Lipinski definition) is 3. The van der Waals surface area contributed by atoms with Crippen LogP contribution in [0.2, 0.25) is 0 Å². The summed E-state index contributed by atoms with van der Waals surface area (Å²) in [5.41, 5.74) is 7.04. The molecule has 18 heavy (non-hydrogen) atoms. The van der Waals surface area contributed by atoms with Crippen LogP contribution in [0, 0.1) is 12.3 Å². The van der Waals surface area contributed by atoms with Crippen molar-refractivity contribution in [1.82, 2.24) is 0 Å². The van der Waals surface area contributed by atoms with Crippen molar-refractivity contribution >= 4 is 17.4 Å². The van der Waals surface area contributed by atoms with Crippen LogP contribution in [0.15, 0.2) is 23.4 Å². The van der Waals surface area contributed by atoms with Gasteiger partial charge in [0.15, 0.2) is 5.84 Å². The van der Waals surface area contributed by atoms with Crippen molar-refractivity contribution in [2.24, 2.45) is 16.3 Å². The monoisotopic (exact) mass is 249 g/mol. The number of carbonyl (C=O) groups is 1. The van der Waals surface area contributed by atoms with Crippen molar-refractivity contribution in [3.05, 3.63) is 29.3 Å². The topological polar surface area (TPSA) is 87.7 Å². The predicted molar refractivity (Wildman–Crippen MR) is 71.8 cm³/mol. The lowest BCUT2D eigenvalue weighted by atomic mass is 9.95. The number of nitrogens with zero attached hydrogens (tertiary/aromatic N) is 1. The van der Waals surface area contributed by atoms with Crippen LogP contribution in [0.5, 0.6) is 0 Å². The summed E-state index contributed by atoms with van der Waals surface area (Å²) in [6.07, 6.45) is 0. The van der Waals surface area contributed by atoms with Gasteiger partial charge in [0.1, 0.15) is 0 Å². The lowest BCUT2D eigenvalue weighted by molar-refractivity contribution is -0.123. The van der Waals surface area contributed by atoms with E-state index in [0.29, 0.717) is 11.3 Å². The second-order valence-electron chi connectivity index (χ2n) is 5.19. The number of carbonyl (C=O) groups excluding carboxylic acids is 1. The zero-order valence-electron chi connectivity index (χ0n) is 11.1. The Hall–Kier alpha value is -2.04. The van der Waals surface area contributed by atoms with Crippen molar-refractivity contribution in [3.63, 3.8) is 0 Å². The largest absolute Gasteiger partial charge is 0.409 e. The van der Waals surface area contributed by atoms with Gasteiger partial charge in [-0.25, -0.2) is 0 Å². The molecule has 0 saturated carbocycles. The first-order chi connectivity index (χ1) is 8.27. The number of aryl methyl sites for hydroxylation is 1. The Kier molecular flexibility index (Phi) is 3.96. The molecule has 0 saturated heterocycles. The van der Waals surface area contributed by atoms with E-state index in [1.807, 2.05) is 39.8 Å². The molecule has 1 rings (SSSR count). The Balaban J connectivity index is 3.18. The van der Waals surface area contributed by atoms with Gasteiger partial charge in [-0.1, -0.05) is 38.1 Å². The van der Waals surface area contributed by atoms with E-state index in [1.165, 1.54) is 0 Å². The number of rotatable bonds is 2. The van der Waals surface area contributed by atoms with Gasteiger partial charge >= 0.3 is 0 Å². The molecule has 0 bridgehead atoms. The molecule has 0 aliphatic carbocycles. The van der Waals surface area contributed by atoms with Crippen molar-refractivity contribution in [3.8, 4) is 0 Å². The number of hydrogen-bond acceptors (Lipinski definition) is 3. The quantitative estimate of drug-likeness (QED) is 0.324. The second-order valence-corrected chi connectivity index (χ2v) is 5.19. The third-order valence-electron chi connectivity index (χ3n) is 2.57. The van der Waals surface area contributed by atoms with E-state index in [4.69, 9.17) is 10.9 Å². The van der Waals surface area contributed by atoms with Crippen molar-refractivity contribution in [2.45, 2.75) is 27.7 Å². The first kappa shape index (κ1) is 14.0. The van der Waals surface area contributed by atoms with E-state index in [2.05, 4.69) is 10.5 Å². The van der Waals surface area contributed by atoms with E-state index >= 15 is 0 Å². The summed E-state index contributed by atoms with van der Waals surface area (Å²) in [7, 11) is 0. The van der Waals surface area contributed by atoms with Gasteiger partial charge in [-0.2, -0.15) is 0 Å². The van der Waals surface area contributed by atoms with Gasteiger partial charge in [0, 0.05) is 11.0 Å². The van der Waals surface area contributed by atoms with E-state index in [9.17, 15) is 4.79 Å². The lowest BCUT2D eigenvalue weighted by Crippen LogP contribution is -2.29. The minimum absolute atomic E-state index is 0.0164. The molecule has 98 valence electrons. The molecule has 0 aliphatic heterocycles. The van der Waals surface area contributed by atoms with Gasteiger partial charge in [-0.3, -0.25) is 4.79 Å². The smallest absolute Gasteiger partial charge is 0.229 e. The molecule has 5 nitrogen and oxygen atoms in total. The number of benzene rings is 1. The van der Waals surface area contributed by atoms with Crippen LogP contribution in [-0.2, 0) is 4.79 Å². The highest BCUT2D eigenvalue weighted by atomic mass is 16.4. The van der Waals surface area contributed by atoms with E-state index in [0.717, 1.165) is 5.56 Å². The average Bonchev–Trinajstić information content (AvgIpc) is 2.27. The molecule has 4 N–H and O–H groups in total. The molecule has 0 aliphatic rings. The molecule has 1 aromatic carbocycles. The maximum absolute atomic E-state index is 12.0. The fourth-order valence-corrected chi connectivity index (χ4v) is 1.47. The maximum atomic E-state index is 12.0. The number of nitrogens with two attached hydrogens (primary N) is 1. The Morgan fingerprint density at radius 2 is 2.00 bits per heavy atom. The van der Waals surface area contributed by atoms with E-state index in [-0.39, 0.29) is 11.7 Å². The Morgan fingerprint density at radius 1 is 1.39 bits per heavy atom. The normalized spacial score (nSPS) is 12.3. The number of anilines is 1. The molecule has 0 radical (unpaired) electrons. The van der Waals surface area contributed by atoms with Gasteiger partial charge in [0.05, 0.1) is 5.69 Å². The minimum atomic E-state index is -0.508. The Morgan fingerprint density at radius 3 is 2.50 bits per heavy atom. The lowest BCUT2D eigenvalue weighted by Gasteiger charge is -2.19. The summed E-state index contributed by atoms with van der Waals surface area (Å²) in [4.78, 5) is 12.0. The fourth-order valence-electron chi connectivity index (χ4n) is 1.47. The molecule has 0 heterocycles. The minimum Gasteiger partial charge on any atom is -0.409 e. The van der Waals surface area contributed by atoms with Crippen LogP contribution >= 0.6 is 0 Å². The molecule has 5 heteroatoms. The summed E-state index contributed by atoms with van der Waals surface area (Å²) in [5, 5.41) is 14.6. The molecule has 0 spiro atoms. The molecular weight excluding hydrogens is 230 g/mol. The zero-order chi connectivity index (χ0) is 13.9. The number of amides is 1.